The Morgan fingerprint density at radius 2 is 1.91 bits per heavy atom. The summed E-state index contributed by atoms with van der Waals surface area (Å²) in [7, 11) is 0. The first-order chi connectivity index (χ1) is 10.8. The second-order valence-corrected chi connectivity index (χ2v) is 5.79. The summed E-state index contributed by atoms with van der Waals surface area (Å²) in [5.41, 5.74) is 3.44. The molecule has 0 amide bonds. The van der Waals surface area contributed by atoms with Crippen molar-refractivity contribution in [2.75, 3.05) is 6.26 Å². The number of hydrogen-bond donors (Lipinski definition) is 0. The second-order valence-electron chi connectivity index (χ2n) is 4.91. The van der Waals surface area contributed by atoms with Crippen LogP contribution in [0.1, 0.15) is 22.7 Å². The van der Waals surface area contributed by atoms with Gasteiger partial charge in [0.15, 0.2) is 0 Å². The summed E-state index contributed by atoms with van der Waals surface area (Å²) in [4.78, 5) is 11.9. The molecule has 3 nitrogen and oxygen atoms in total. The van der Waals surface area contributed by atoms with Gasteiger partial charge in [0.25, 0.3) is 0 Å². The monoisotopic (exact) mass is 308 g/mol. The Balaban J connectivity index is 2.06. The minimum atomic E-state index is -0.0201. The molecule has 0 saturated carbocycles. The van der Waals surface area contributed by atoms with Crippen molar-refractivity contribution >= 4 is 24.3 Å². The van der Waals surface area contributed by atoms with E-state index in [9.17, 15) is 4.79 Å². The van der Waals surface area contributed by atoms with Crippen molar-refractivity contribution in [2.45, 2.75) is 10.9 Å². The lowest BCUT2D eigenvalue weighted by Crippen LogP contribution is -2.24. The molecule has 0 aliphatic carbocycles. The first-order valence-corrected chi connectivity index (χ1v) is 8.23. The fourth-order valence-corrected chi connectivity index (χ4v) is 2.99. The molecule has 1 atom stereocenters. The molecule has 2 aromatic carbocycles. The molecular formula is C18H16N2OS. The van der Waals surface area contributed by atoms with E-state index in [1.54, 1.807) is 18.0 Å². The van der Waals surface area contributed by atoms with E-state index in [4.69, 9.17) is 0 Å². The van der Waals surface area contributed by atoms with Crippen molar-refractivity contribution in [2.24, 2.45) is 5.10 Å². The van der Waals surface area contributed by atoms with Crippen LogP contribution in [0.15, 0.2) is 70.8 Å². The molecule has 0 spiro atoms. The predicted molar refractivity (Wildman–Crippen MR) is 91.1 cm³/mol. The minimum Gasteiger partial charge on any atom is -0.299 e. The molecule has 110 valence electrons. The molecule has 0 saturated heterocycles. The van der Waals surface area contributed by atoms with Gasteiger partial charge < -0.3 is 0 Å². The third-order valence-electron chi connectivity index (χ3n) is 3.63. The standard InChI is InChI=1S/C18H16N2OS/c1-22-16-9-7-14(8-10-16)18-17-6-3-2-5-15(17)13-19-20(18)11-4-12-21/h2-13,18H,1H3. The van der Waals surface area contributed by atoms with E-state index in [-0.39, 0.29) is 6.04 Å². The van der Waals surface area contributed by atoms with Crippen LogP contribution in [0.4, 0.5) is 0 Å². The largest absolute Gasteiger partial charge is 0.299 e. The molecule has 1 heterocycles. The Kier molecular flexibility index (Phi) is 4.39. The van der Waals surface area contributed by atoms with Crippen LogP contribution in [-0.4, -0.2) is 23.8 Å². The fourth-order valence-electron chi connectivity index (χ4n) is 2.58. The van der Waals surface area contributed by atoms with Crippen LogP contribution in [0.3, 0.4) is 0 Å². The molecular weight excluding hydrogens is 292 g/mol. The number of benzene rings is 2. The van der Waals surface area contributed by atoms with Crippen LogP contribution in [0.25, 0.3) is 0 Å². The van der Waals surface area contributed by atoms with E-state index in [2.05, 4.69) is 47.8 Å². The number of carbonyl (C=O) groups is 1. The van der Waals surface area contributed by atoms with E-state index in [0.29, 0.717) is 0 Å². The smallest absolute Gasteiger partial charge is 0.144 e. The molecule has 0 bridgehead atoms. The van der Waals surface area contributed by atoms with Gasteiger partial charge in [-0.25, -0.2) is 0 Å². The van der Waals surface area contributed by atoms with Gasteiger partial charge in [-0.15, -0.1) is 11.8 Å². The number of allylic oxidation sites excluding steroid dienone is 1. The molecule has 3 rings (SSSR count). The summed E-state index contributed by atoms with van der Waals surface area (Å²) >= 11 is 1.72. The Morgan fingerprint density at radius 3 is 2.64 bits per heavy atom. The summed E-state index contributed by atoms with van der Waals surface area (Å²) in [6, 6.07) is 16.7. The minimum absolute atomic E-state index is 0.0201. The van der Waals surface area contributed by atoms with Gasteiger partial charge in [0.05, 0.1) is 6.21 Å². The summed E-state index contributed by atoms with van der Waals surface area (Å²) in [6.45, 7) is 0. The highest BCUT2D eigenvalue weighted by Crippen LogP contribution is 2.34. The Bertz CT molecular complexity index is 722. The van der Waals surface area contributed by atoms with Gasteiger partial charge in [-0.1, -0.05) is 36.4 Å². The number of aldehydes is 1. The van der Waals surface area contributed by atoms with Gasteiger partial charge >= 0.3 is 0 Å². The number of thioether (sulfide) groups is 1. The maximum Gasteiger partial charge on any atom is 0.144 e. The quantitative estimate of drug-likeness (QED) is 0.488. The van der Waals surface area contributed by atoms with E-state index in [0.717, 1.165) is 17.4 Å². The Morgan fingerprint density at radius 1 is 1.14 bits per heavy atom. The Labute approximate surface area is 134 Å². The van der Waals surface area contributed by atoms with Crippen molar-refractivity contribution in [1.29, 1.82) is 0 Å². The first kappa shape index (κ1) is 14.6. The van der Waals surface area contributed by atoms with E-state index in [1.165, 1.54) is 16.5 Å². The zero-order valence-corrected chi connectivity index (χ0v) is 13.0. The van der Waals surface area contributed by atoms with Crippen LogP contribution < -0.4 is 0 Å². The lowest BCUT2D eigenvalue weighted by atomic mass is 9.93. The zero-order chi connectivity index (χ0) is 15.4. The molecule has 2 aromatic rings. The number of nitrogens with zero attached hydrogens (tertiary/aromatic N) is 2. The first-order valence-electron chi connectivity index (χ1n) is 7.00. The van der Waals surface area contributed by atoms with Crippen molar-refractivity contribution < 1.29 is 4.79 Å². The number of rotatable bonds is 4. The van der Waals surface area contributed by atoms with Crippen molar-refractivity contribution in [3.63, 3.8) is 0 Å². The summed E-state index contributed by atoms with van der Waals surface area (Å²) in [6.07, 6.45) is 7.84. The molecule has 0 N–H and O–H groups in total. The number of hydrogen-bond acceptors (Lipinski definition) is 4. The fraction of sp³-hybridized carbons (Fsp3) is 0.111. The molecule has 1 unspecified atom stereocenters. The molecule has 22 heavy (non-hydrogen) atoms. The molecule has 0 fully saturated rings. The summed E-state index contributed by atoms with van der Waals surface area (Å²) in [5.74, 6) is 0. The summed E-state index contributed by atoms with van der Waals surface area (Å²) < 4.78 is 0. The lowest BCUT2D eigenvalue weighted by molar-refractivity contribution is -0.104. The third-order valence-corrected chi connectivity index (χ3v) is 4.38. The number of carbonyl (C=O) groups excluding carboxylic acids is 1. The molecule has 1 aliphatic heterocycles. The van der Waals surface area contributed by atoms with E-state index < -0.39 is 0 Å². The van der Waals surface area contributed by atoms with Gasteiger partial charge in [-0.3, -0.25) is 9.80 Å². The van der Waals surface area contributed by atoms with Gasteiger partial charge in [0, 0.05) is 16.7 Å². The van der Waals surface area contributed by atoms with Gasteiger partial charge in [0.2, 0.25) is 0 Å². The molecule has 1 aliphatic rings. The van der Waals surface area contributed by atoms with Crippen molar-refractivity contribution in [3.8, 4) is 0 Å². The van der Waals surface area contributed by atoms with Crippen molar-refractivity contribution in [3.05, 3.63) is 77.5 Å². The van der Waals surface area contributed by atoms with Gasteiger partial charge in [0.1, 0.15) is 12.3 Å². The predicted octanol–water partition coefficient (Wildman–Crippen LogP) is 3.86. The normalized spacial score (nSPS) is 16.8. The van der Waals surface area contributed by atoms with Gasteiger partial charge in [-0.2, -0.15) is 5.10 Å². The highest BCUT2D eigenvalue weighted by atomic mass is 32.2. The van der Waals surface area contributed by atoms with Crippen LogP contribution in [0.5, 0.6) is 0 Å². The topological polar surface area (TPSA) is 32.7 Å². The van der Waals surface area contributed by atoms with E-state index >= 15 is 0 Å². The van der Waals surface area contributed by atoms with Crippen LogP contribution in [-0.2, 0) is 4.79 Å². The Hall–Kier alpha value is -2.33. The van der Waals surface area contributed by atoms with E-state index in [1.807, 2.05) is 23.4 Å². The molecule has 0 aromatic heterocycles. The van der Waals surface area contributed by atoms with Gasteiger partial charge in [-0.05, 0) is 35.6 Å². The highest BCUT2D eigenvalue weighted by Gasteiger charge is 2.24. The summed E-state index contributed by atoms with van der Waals surface area (Å²) in [5, 5.41) is 6.29. The second kappa shape index (κ2) is 6.62. The number of fused-ring (bicyclic) bond motifs is 1. The highest BCUT2D eigenvalue weighted by molar-refractivity contribution is 7.98. The molecule has 4 heteroatoms. The average molecular weight is 308 g/mol. The lowest BCUT2D eigenvalue weighted by Gasteiger charge is -2.31. The number of hydrazone groups is 1. The molecule has 0 radical (unpaired) electrons. The average Bonchev–Trinajstić information content (AvgIpc) is 2.59. The third kappa shape index (κ3) is 2.83. The van der Waals surface area contributed by atoms with Crippen LogP contribution in [0, 0.1) is 0 Å². The van der Waals surface area contributed by atoms with Crippen LogP contribution in [0.2, 0.25) is 0 Å². The SMILES string of the molecule is CSc1ccc(C2c3ccccc3C=NN2C=CC=O)cc1. The van der Waals surface area contributed by atoms with Crippen LogP contribution >= 0.6 is 11.8 Å². The zero-order valence-electron chi connectivity index (χ0n) is 12.2. The maximum absolute atomic E-state index is 10.7. The maximum atomic E-state index is 10.7. The van der Waals surface area contributed by atoms with Crippen molar-refractivity contribution in [1.82, 2.24) is 5.01 Å².